The summed E-state index contributed by atoms with van der Waals surface area (Å²) in [6.45, 7) is 0. The Bertz CT molecular complexity index is 810. The third-order valence-corrected chi connectivity index (χ3v) is 4.17. The SMILES string of the molecule is O=C(N[C@H]1C[C@@H](O)[C@@H]1n1cccn1)c1cccc2cn[nH]c12. The van der Waals surface area contributed by atoms with E-state index in [1.54, 1.807) is 35.4 Å². The molecule has 2 aromatic heterocycles. The van der Waals surface area contributed by atoms with Gasteiger partial charge in [-0.25, -0.2) is 0 Å². The number of fused-ring (bicyclic) bond motifs is 1. The number of benzene rings is 1. The molecule has 1 amide bonds. The number of para-hydroxylation sites is 1. The molecule has 7 nitrogen and oxygen atoms in total. The van der Waals surface area contributed by atoms with Gasteiger partial charge >= 0.3 is 0 Å². The van der Waals surface area contributed by atoms with Crippen molar-refractivity contribution < 1.29 is 9.90 Å². The van der Waals surface area contributed by atoms with E-state index in [9.17, 15) is 9.90 Å². The molecule has 0 bridgehead atoms. The van der Waals surface area contributed by atoms with Crippen LogP contribution in [0.4, 0.5) is 0 Å². The van der Waals surface area contributed by atoms with E-state index in [1.165, 1.54) is 0 Å². The summed E-state index contributed by atoms with van der Waals surface area (Å²) in [5.41, 5.74) is 1.27. The molecule has 1 aliphatic carbocycles. The number of aliphatic hydroxyl groups excluding tert-OH is 1. The summed E-state index contributed by atoms with van der Waals surface area (Å²) < 4.78 is 1.69. The van der Waals surface area contributed by atoms with Crippen LogP contribution in [0.1, 0.15) is 22.8 Å². The first-order valence-corrected chi connectivity index (χ1v) is 7.14. The number of carbonyl (C=O) groups is 1. The fourth-order valence-electron chi connectivity index (χ4n) is 2.98. The maximum Gasteiger partial charge on any atom is 0.253 e. The van der Waals surface area contributed by atoms with Gasteiger partial charge in [0.25, 0.3) is 5.91 Å². The Hall–Kier alpha value is -2.67. The Morgan fingerprint density at radius 1 is 1.41 bits per heavy atom. The highest BCUT2D eigenvalue weighted by atomic mass is 16.3. The van der Waals surface area contributed by atoms with Crippen molar-refractivity contribution in [3.8, 4) is 0 Å². The standard InChI is InChI=1S/C15H15N5O2/c21-12-7-11(14(12)20-6-2-5-17-20)18-15(22)10-4-1-3-9-8-16-19-13(9)10/h1-6,8,11-12,14,21H,7H2,(H,16,19)(H,18,22)/t11-,12+,14+/m0/s1. The van der Waals surface area contributed by atoms with Crippen LogP contribution in [-0.2, 0) is 0 Å². The summed E-state index contributed by atoms with van der Waals surface area (Å²) in [5.74, 6) is -0.177. The van der Waals surface area contributed by atoms with Crippen LogP contribution >= 0.6 is 0 Å². The Morgan fingerprint density at radius 3 is 3.09 bits per heavy atom. The smallest absolute Gasteiger partial charge is 0.253 e. The molecule has 22 heavy (non-hydrogen) atoms. The number of H-pyrrole nitrogens is 1. The molecule has 0 saturated heterocycles. The molecule has 7 heteroatoms. The van der Waals surface area contributed by atoms with E-state index in [0.717, 1.165) is 10.9 Å². The van der Waals surface area contributed by atoms with Gasteiger partial charge in [-0.3, -0.25) is 14.6 Å². The van der Waals surface area contributed by atoms with Gasteiger partial charge in [-0.15, -0.1) is 0 Å². The lowest BCUT2D eigenvalue weighted by Gasteiger charge is -2.41. The van der Waals surface area contributed by atoms with Crippen LogP contribution in [0.3, 0.4) is 0 Å². The number of carbonyl (C=O) groups excluding carboxylic acids is 1. The van der Waals surface area contributed by atoms with Gasteiger partial charge in [-0.05, 0) is 18.6 Å². The van der Waals surface area contributed by atoms with Crippen molar-refractivity contribution in [3.63, 3.8) is 0 Å². The zero-order valence-corrected chi connectivity index (χ0v) is 11.7. The largest absolute Gasteiger partial charge is 0.391 e. The molecule has 3 aromatic rings. The van der Waals surface area contributed by atoms with E-state index in [4.69, 9.17) is 0 Å². The van der Waals surface area contributed by atoms with Crippen LogP contribution in [0, 0.1) is 0 Å². The second-order valence-corrected chi connectivity index (χ2v) is 5.50. The number of hydrogen-bond donors (Lipinski definition) is 3. The molecule has 0 unspecified atom stereocenters. The first-order valence-electron chi connectivity index (χ1n) is 7.14. The summed E-state index contributed by atoms with van der Waals surface area (Å²) in [6, 6.07) is 6.92. The van der Waals surface area contributed by atoms with Crippen LogP contribution < -0.4 is 5.32 Å². The Balaban J connectivity index is 1.56. The first kappa shape index (κ1) is 13.0. The second-order valence-electron chi connectivity index (χ2n) is 5.50. The third kappa shape index (κ3) is 1.98. The molecule has 1 aliphatic rings. The summed E-state index contributed by atoms with van der Waals surface area (Å²) >= 11 is 0. The number of aliphatic hydroxyl groups is 1. The van der Waals surface area contributed by atoms with E-state index in [2.05, 4.69) is 20.6 Å². The topological polar surface area (TPSA) is 95.8 Å². The molecule has 1 fully saturated rings. The monoisotopic (exact) mass is 297 g/mol. The molecule has 0 spiro atoms. The number of hydrogen-bond acceptors (Lipinski definition) is 4. The molecule has 3 atom stereocenters. The van der Waals surface area contributed by atoms with Crippen LogP contribution in [0.5, 0.6) is 0 Å². The zero-order chi connectivity index (χ0) is 15.1. The number of rotatable bonds is 3. The maximum atomic E-state index is 12.5. The molecular weight excluding hydrogens is 282 g/mol. The number of aromatic amines is 1. The molecular formula is C15H15N5O2. The maximum absolute atomic E-state index is 12.5. The number of amides is 1. The number of nitrogens with zero attached hydrogens (tertiary/aromatic N) is 3. The van der Waals surface area contributed by atoms with E-state index in [1.807, 2.05) is 12.1 Å². The van der Waals surface area contributed by atoms with Gasteiger partial charge in [0, 0.05) is 17.8 Å². The van der Waals surface area contributed by atoms with Gasteiger partial charge in [-0.2, -0.15) is 10.2 Å². The average molecular weight is 297 g/mol. The molecule has 2 heterocycles. The predicted octanol–water partition coefficient (Wildman–Crippen LogP) is 0.864. The van der Waals surface area contributed by atoms with Crippen LogP contribution in [0.2, 0.25) is 0 Å². The minimum Gasteiger partial charge on any atom is -0.391 e. The normalized spacial score (nSPS) is 24.1. The van der Waals surface area contributed by atoms with Crippen molar-refractivity contribution in [2.75, 3.05) is 0 Å². The lowest BCUT2D eigenvalue weighted by atomic mass is 9.83. The van der Waals surface area contributed by atoms with Crippen molar-refractivity contribution in [2.24, 2.45) is 0 Å². The summed E-state index contributed by atoms with van der Waals surface area (Å²) in [7, 11) is 0. The first-order chi connectivity index (χ1) is 10.7. The van der Waals surface area contributed by atoms with Gasteiger partial charge < -0.3 is 10.4 Å². The Kier molecular flexibility index (Phi) is 2.93. The second kappa shape index (κ2) is 4.96. The summed E-state index contributed by atoms with van der Waals surface area (Å²) in [6.07, 6.45) is 5.17. The van der Waals surface area contributed by atoms with E-state index in [0.29, 0.717) is 12.0 Å². The van der Waals surface area contributed by atoms with Crippen molar-refractivity contribution in [3.05, 3.63) is 48.4 Å². The van der Waals surface area contributed by atoms with Crippen molar-refractivity contribution in [2.45, 2.75) is 24.6 Å². The molecule has 3 N–H and O–H groups in total. The lowest BCUT2D eigenvalue weighted by molar-refractivity contribution is -0.00586. The highest BCUT2D eigenvalue weighted by Gasteiger charge is 2.42. The molecule has 1 saturated carbocycles. The fraction of sp³-hybridized carbons (Fsp3) is 0.267. The quantitative estimate of drug-likeness (QED) is 0.668. The molecule has 0 aliphatic heterocycles. The molecule has 112 valence electrons. The van der Waals surface area contributed by atoms with E-state index >= 15 is 0 Å². The van der Waals surface area contributed by atoms with E-state index < -0.39 is 6.10 Å². The van der Waals surface area contributed by atoms with E-state index in [-0.39, 0.29) is 18.0 Å². The third-order valence-electron chi connectivity index (χ3n) is 4.17. The highest BCUT2D eigenvalue weighted by molar-refractivity contribution is 6.05. The number of aromatic nitrogens is 4. The summed E-state index contributed by atoms with van der Waals surface area (Å²) in [5, 5.41) is 24.8. The molecule has 1 aromatic carbocycles. The minimum atomic E-state index is -0.492. The Morgan fingerprint density at radius 2 is 2.32 bits per heavy atom. The van der Waals surface area contributed by atoms with Crippen LogP contribution in [0.25, 0.3) is 10.9 Å². The van der Waals surface area contributed by atoms with Crippen molar-refractivity contribution >= 4 is 16.8 Å². The van der Waals surface area contributed by atoms with Crippen molar-refractivity contribution in [1.82, 2.24) is 25.3 Å². The van der Waals surface area contributed by atoms with Crippen LogP contribution in [0.15, 0.2) is 42.9 Å². The Labute approximate surface area is 125 Å². The zero-order valence-electron chi connectivity index (χ0n) is 11.7. The molecule has 0 radical (unpaired) electrons. The average Bonchev–Trinajstić information content (AvgIpc) is 3.16. The molecule has 4 rings (SSSR count). The van der Waals surface area contributed by atoms with Crippen LogP contribution in [-0.4, -0.2) is 43.1 Å². The predicted molar refractivity (Wildman–Crippen MR) is 79.2 cm³/mol. The fourth-order valence-corrected chi connectivity index (χ4v) is 2.98. The van der Waals surface area contributed by atoms with Crippen molar-refractivity contribution in [1.29, 1.82) is 0 Å². The highest BCUT2D eigenvalue weighted by Crippen LogP contribution is 2.32. The minimum absolute atomic E-state index is 0.138. The van der Waals surface area contributed by atoms with Gasteiger partial charge in [0.15, 0.2) is 0 Å². The van der Waals surface area contributed by atoms with Gasteiger partial charge in [0.2, 0.25) is 0 Å². The summed E-state index contributed by atoms with van der Waals surface area (Å²) in [4.78, 5) is 12.5. The van der Waals surface area contributed by atoms with Gasteiger partial charge in [0.05, 0.1) is 35.5 Å². The number of nitrogens with one attached hydrogen (secondary N) is 2. The van der Waals surface area contributed by atoms with Gasteiger partial charge in [0.1, 0.15) is 0 Å². The van der Waals surface area contributed by atoms with Gasteiger partial charge in [-0.1, -0.05) is 12.1 Å². The lowest BCUT2D eigenvalue weighted by Crippen LogP contribution is -2.56.